The second-order valence-corrected chi connectivity index (χ2v) is 13.9. The summed E-state index contributed by atoms with van der Waals surface area (Å²) in [4.78, 5) is 30.0. The van der Waals surface area contributed by atoms with E-state index in [1.807, 2.05) is 70.2 Å². The largest absolute Gasteiger partial charge is 0.354 e. The van der Waals surface area contributed by atoms with Crippen molar-refractivity contribution in [2.24, 2.45) is 5.92 Å². The molecule has 0 aliphatic carbocycles. The van der Waals surface area contributed by atoms with Gasteiger partial charge in [0.1, 0.15) is 12.6 Å². The average molecular weight is 646 g/mol. The molecule has 9 heteroatoms. The van der Waals surface area contributed by atoms with Crippen LogP contribution in [0.1, 0.15) is 36.1 Å². The Kier molecular flexibility index (Phi) is 11.4. The summed E-state index contributed by atoms with van der Waals surface area (Å²) < 4.78 is 29.5. The Morgan fingerprint density at radius 3 is 2.07 bits per heavy atom. The van der Waals surface area contributed by atoms with Gasteiger partial charge in [-0.3, -0.25) is 13.9 Å². The van der Waals surface area contributed by atoms with E-state index in [-0.39, 0.29) is 29.7 Å². The van der Waals surface area contributed by atoms with Crippen molar-refractivity contribution >= 4 is 39.1 Å². The van der Waals surface area contributed by atoms with Gasteiger partial charge in [-0.05, 0) is 72.4 Å². The predicted octanol–water partition coefficient (Wildman–Crippen LogP) is 6.56. The minimum absolute atomic E-state index is 0.0680. The fourth-order valence-corrected chi connectivity index (χ4v) is 6.60. The van der Waals surface area contributed by atoms with Crippen LogP contribution in [0.25, 0.3) is 0 Å². The lowest BCUT2D eigenvalue weighted by atomic mass is 10.0. The third kappa shape index (κ3) is 8.96. The lowest BCUT2D eigenvalue weighted by Gasteiger charge is -2.34. The van der Waals surface area contributed by atoms with Gasteiger partial charge in [-0.1, -0.05) is 98.2 Å². The molecule has 0 saturated carbocycles. The summed E-state index contributed by atoms with van der Waals surface area (Å²) in [6, 6.07) is 29.2. The molecule has 236 valence electrons. The first kappa shape index (κ1) is 33.7. The van der Waals surface area contributed by atoms with Crippen LogP contribution in [-0.2, 0) is 32.6 Å². The van der Waals surface area contributed by atoms with Gasteiger partial charge in [0.05, 0.1) is 10.6 Å². The number of nitrogens with one attached hydrogen (secondary N) is 1. The van der Waals surface area contributed by atoms with E-state index in [1.54, 1.807) is 48.5 Å². The van der Waals surface area contributed by atoms with E-state index in [1.165, 1.54) is 17.0 Å². The van der Waals surface area contributed by atoms with Crippen molar-refractivity contribution in [3.8, 4) is 0 Å². The number of aryl methyl sites for hydroxylation is 2. The van der Waals surface area contributed by atoms with Crippen LogP contribution in [0.2, 0.25) is 5.02 Å². The molecule has 0 aliphatic heterocycles. The van der Waals surface area contributed by atoms with Gasteiger partial charge in [0, 0.05) is 24.5 Å². The number of halogens is 1. The molecule has 0 aliphatic rings. The van der Waals surface area contributed by atoms with Crippen molar-refractivity contribution in [3.05, 3.63) is 130 Å². The standard InChI is InChI=1S/C36H40ClN3O4S/c1-26(2)23-38-36(42)34(22-29-11-7-5-8-12-29)39(24-30-17-19-31(37)20-18-30)35(41)25-40(33-21-27(3)15-16-28(33)4)45(43,44)32-13-9-6-10-14-32/h5-21,26,34H,22-25H2,1-4H3,(H,38,42)/t34-/m1/s1. The minimum Gasteiger partial charge on any atom is -0.354 e. The molecule has 2 amide bonds. The summed E-state index contributed by atoms with van der Waals surface area (Å²) >= 11 is 6.16. The van der Waals surface area contributed by atoms with Crippen LogP contribution in [0.15, 0.2) is 108 Å². The van der Waals surface area contributed by atoms with Crippen molar-refractivity contribution in [1.29, 1.82) is 0 Å². The number of hydrogen-bond acceptors (Lipinski definition) is 4. The van der Waals surface area contributed by atoms with Gasteiger partial charge in [0.15, 0.2) is 0 Å². The van der Waals surface area contributed by atoms with E-state index in [0.29, 0.717) is 22.8 Å². The number of carbonyl (C=O) groups excluding carboxylic acids is 2. The zero-order valence-corrected chi connectivity index (χ0v) is 27.7. The molecule has 0 aromatic heterocycles. The number of nitrogens with zero attached hydrogens (tertiary/aromatic N) is 2. The van der Waals surface area contributed by atoms with Crippen LogP contribution in [-0.4, -0.2) is 44.3 Å². The molecule has 1 N–H and O–H groups in total. The molecular weight excluding hydrogens is 606 g/mol. The number of sulfonamides is 1. The number of rotatable bonds is 13. The maximum absolute atomic E-state index is 14.6. The zero-order chi connectivity index (χ0) is 32.6. The average Bonchev–Trinajstić information content (AvgIpc) is 3.03. The van der Waals surface area contributed by atoms with Crippen LogP contribution in [0, 0.1) is 19.8 Å². The van der Waals surface area contributed by atoms with Gasteiger partial charge in [-0.15, -0.1) is 0 Å². The van der Waals surface area contributed by atoms with Crippen LogP contribution in [0.3, 0.4) is 0 Å². The Morgan fingerprint density at radius 2 is 1.44 bits per heavy atom. The minimum atomic E-state index is -4.16. The molecule has 0 unspecified atom stereocenters. The number of anilines is 1. The molecular formula is C36H40ClN3O4S. The number of hydrogen-bond donors (Lipinski definition) is 1. The molecule has 4 rings (SSSR count). The summed E-state index contributed by atoms with van der Waals surface area (Å²) in [5.41, 5.74) is 3.59. The first-order chi connectivity index (χ1) is 21.5. The fourth-order valence-electron chi connectivity index (χ4n) is 4.98. The van der Waals surface area contributed by atoms with Crippen molar-refractivity contribution in [1.82, 2.24) is 10.2 Å². The van der Waals surface area contributed by atoms with Crippen LogP contribution < -0.4 is 9.62 Å². The Balaban J connectivity index is 1.82. The topological polar surface area (TPSA) is 86.8 Å². The second kappa shape index (κ2) is 15.2. The summed E-state index contributed by atoms with van der Waals surface area (Å²) in [5.74, 6) is -0.618. The Hall–Kier alpha value is -4.14. The molecule has 0 radical (unpaired) electrons. The van der Waals surface area contributed by atoms with E-state index in [9.17, 15) is 18.0 Å². The lowest BCUT2D eigenvalue weighted by molar-refractivity contribution is -0.140. The third-order valence-electron chi connectivity index (χ3n) is 7.47. The summed E-state index contributed by atoms with van der Waals surface area (Å²) in [6.07, 6.45) is 0.249. The van der Waals surface area contributed by atoms with E-state index >= 15 is 0 Å². The molecule has 45 heavy (non-hydrogen) atoms. The first-order valence-electron chi connectivity index (χ1n) is 15.0. The highest BCUT2D eigenvalue weighted by atomic mass is 35.5. The van der Waals surface area contributed by atoms with Crippen molar-refractivity contribution in [3.63, 3.8) is 0 Å². The second-order valence-electron chi connectivity index (χ2n) is 11.6. The Morgan fingerprint density at radius 1 is 0.822 bits per heavy atom. The lowest BCUT2D eigenvalue weighted by Crippen LogP contribution is -2.53. The summed E-state index contributed by atoms with van der Waals surface area (Å²) in [5, 5.41) is 3.55. The highest BCUT2D eigenvalue weighted by molar-refractivity contribution is 7.92. The van der Waals surface area contributed by atoms with E-state index in [2.05, 4.69) is 5.32 Å². The highest BCUT2D eigenvalue weighted by Crippen LogP contribution is 2.29. The fraction of sp³-hybridized carbons (Fsp3) is 0.278. The molecule has 4 aromatic rings. The van der Waals surface area contributed by atoms with Gasteiger partial charge < -0.3 is 10.2 Å². The molecule has 0 bridgehead atoms. The van der Waals surface area contributed by atoms with Crippen LogP contribution in [0.5, 0.6) is 0 Å². The number of carbonyl (C=O) groups is 2. The molecule has 0 fully saturated rings. The van der Waals surface area contributed by atoms with Gasteiger partial charge >= 0.3 is 0 Å². The van der Waals surface area contributed by atoms with Crippen molar-refractivity contribution < 1.29 is 18.0 Å². The highest BCUT2D eigenvalue weighted by Gasteiger charge is 2.35. The van der Waals surface area contributed by atoms with E-state index in [4.69, 9.17) is 11.6 Å². The first-order valence-corrected chi connectivity index (χ1v) is 16.8. The van der Waals surface area contributed by atoms with Gasteiger partial charge in [0.2, 0.25) is 11.8 Å². The molecule has 0 saturated heterocycles. The maximum atomic E-state index is 14.6. The maximum Gasteiger partial charge on any atom is 0.264 e. The quantitative estimate of drug-likeness (QED) is 0.178. The Bertz CT molecular complexity index is 1700. The zero-order valence-electron chi connectivity index (χ0n) is 26.1. The summed E-state index contributed by atoms with van der Waals surface area (Å²) in [6.45, 7) is 7.70. The van der Waals surface area contributed by atoms with E-state index < -0.39 is 28.5 Å². The van der Waals surface area contributed by atoms with Crippen molar-refractivity contribution in [2.45, 2.75) is 51.6 Å². The van der Waals surface area contributed by atoms with Gasteiger partial charge in [-0.2, -0.15) is 0 Å². The SMILES string of the molecule is Cc1ccc(C)c(N(CC(=O)N(Cc2ccc(Cl)cc2)[C@H](Cc2ccccc2)C(=O)NCC(C)C)S(=O)(=O)c2ccccc2)c1. The number of benzene rings is 4. The monoisotopic (exact) mass is 645 g/mol. The third-order valence-corrected chi connectivity index (χ3v) is 9.49. The molecule has 0 heterocycles. The molecule has 1 atom stereocenters. The predicted molar refractivity (Wildman–Crippen MR) is 181 cm³/mol. The summed E-state index contributed by atoms with van der Waals surface area (Å²) in [7, 11) is -4.16. The van der Waals surface area contributed by atoms with Gasteiger partial charge in [0.25, 0.3) is 10.0 Å². The Labute approximate surface area is 271 Å². The molecule has 7 nitrogen and oxygen atoms in total. The van der Waals surface area contributed by atoms with Crippen LogP contribution in [0.4, 0.5) is 5.69 Å². The van der Waals surface area contributed by atoms with Crippen molar-refractivity contribution in [2.75, 3.05) is 17.4 Å². The van der Waals surface area contributed by atoms with Gasteiger partial charge in [-0.25, -0.2) is 8.42 Å². The smallest absolute Gasteiger partial charge is 0.264 e. The van der Waals surface area contributed by atoms with E-state index in [0.717, 1.165) is 21.0 Å². The van der Waals surface area contributed by atoms with Crippen LogP contribution >= 0.6 is 11.6 Å². The molecule has 0 spiro atoms. The molecule has 4 aromatic carbocycles. The normalized spacial score (nSPS) is 12.0. The number of amides is 2.